The normalized spacial score (nSPS) is 15.1. The van der Waals surface area contributed by atoms with E-state index in [1.165, 1.54) is 0 Å². The van der Waals surface area contributed by atoms with Crippen LogP contribution in [0.3, 0.4) is 0 Å². The van der Waals surface area contributed by atoms with Crippen molar-refractivity contribution in [2.24, 2.45) is 0 Å². The molecule has 0 radical (unpaired) electrons. The van der Waals surface area contributed by atoms with Crippen molar-refractivity contribution >= 4 is 40.7 Å². The van der Waals surface area contributed by atoms with Gasteiger partial charge in [0.15, 0.2) is 0 Å². The molecule has 1 aliphatic rings. The predicted molar refractivity (Wildman–Crippen MR) is 146 cm³/mol. The van der Waals surface area contributed by atoms with Gasteiger partial charge in [-0.25, -0.2) is 0 Å². The van der Waals surface area contributed by atoms with Crippen molar-refractivity contribution in [2.45, 2.75) is 44.8 Å². The Hall–Kier alpha value is -2.32. The predicted octanol–water partition coefficient (Wildman–Crippen LogP) is 3.60. The van der Waals surface area contributed by atoms with Crippen LogP contribution in [0.2, 0.25) is 10.0 Å². The summed E-state index contributed by atoms with van der Waals surface area (Å²) in [7, 11) is 1.68. The van der Waals surface area contributed by atoms with Crippen LogP contribution >= 0.6 is 23.2 Å². The van der Waals surface area contributed by atoms with Gasteiger partial charge in [-0.15, -0.1) is 0 Å². The summed E-state index contributed by atoms with van der Waals surface area (Å²) < 4.78 is 0. The topological polar surface area (TPSA) is 84.9 Å². The van der Waals surface area contributed by atoms with Crippen molar-refractivity contribution in [1.82, 2.24) is 15.5 Å². The molecule has 1 atom stereocenters. The largest absolute Gasteiger partial charge is 0.385 e. The lowest BCUT2D eigenvalue weighted by molar-refractivity contribution is -0.136. The third-order valence-electron chi connectivity index (χ3n) is 6.92. The quantitative estimate of drug-likeness (QED) is 0.433. The Morgan fingerprint density at radius 3 is 2.33 bits per heavy atom. The van der Waals surface area contributed by atoms with E-state index in [0.717, 1.165) is 16.8 Å². The van der Waals surface area contributed by atoms with Crippen molar-refractivity contribution in [3.63, 3.8) is 0 Å². The number of carbonyl (C=O) groups excluding carboxylic acids is 2. The molecule has 3 rings (SSSR count). The maximum absolute atomic E-state index is 13.5. The highest BCUT2D eigenvalue weighted by Gasteiger charge is 2.32. The highest BCUT2D eigenvalue weighted by molar-refractivity contribution is 6.35. The van der Waals surface area contributed by atoms with E-state index in [4.69, 9.17) is 23.2 Å². The van der Waals surface area contributed by atoms with Crippen LogP contribution in [0.5, 0.6) is 0 Å². The number of nitrogens with zero attached hydrogens (tertiary/aromatic N) is 2. The maximum atomic E-state index is 13.5. The van der Waals surface area contributed by atoms with Crippen LogP contribution < -0.4 is 15.5 Å². The first-order valence-corrected chi connectivity index (χ1v) is 13.2. The molecule has 2 aromatic carbocycles. The molecule has 1 saturated heterocycles. The fourth-order valence-corrected chi connectivity index (χ4v) is 5.16. The smallest absolute Gasteiger partial charge is 0.245 e. The zero-order valence-electron chi connectivity index (χ0n) is 21.2. The molecule has 36 heavy (non-hydrogen) atoms. The van der Waals surface area contributed by atoms with Crippen LogP contribution in [0.15, 0.2) is 42.5 Å². The summed E-state index contributed by atoms with van der Waals surface area (Å²) in [5.41, 5.74) is 1.78. The highest BCUT2D eigenvalue weighted by atomic mass is 35.5. The van der Waals surface area contributed by atoms with Crippen molar-refractivity contribution < 1.29 is 14.7 Å². The van der Waals surface area contributed by atoms with Gasteiger partial charge < -0.3 is 25.5 Å². The molecule has 0 unspecified atom stereocenters. The summed E-state index contributed by atoms with van der Waals surface area (Å²) in [4.78, 5) is 29.9. The average Bonchev–Trinajstić information content (AvgIpc) is 2.89. The third-order valence-corrected chi connectivity index (χ3v) is 7.50. The van der Waals surface area contributed by atoms with E-state index in [-0.39, 0.29) is 24.8 Å². The number of likely N-dealkylation sites (N-methyl/N-ethyl adjacent to an activating group) is 1. The molecule has 0 aromatic heterocycles. The molecular weight excluding hydrogens is 499 g/mol. The van der Waals surface area contributed by atoms with E-state index in [9.17, 15) is 14.7 Å². The Kier molecular flexibility index (Phi) is 10.0. The minimum absolute atomic E-state index is 0.112. The number of piperazine rings is 1. The second-order valence-electron chi connectivity index (χ2n) is 9.16. The maximum Gasteiger partial charge on any atom is 0.245 e. The van der Waals surface area contributed by atoms with Crippen LogP contribution in [0, 0.1) is 0 Å². The molecular formula is C27H36Cl2N4O3. The lowest BCUT2D eigenvalue weighted by Crippen LogP contribution is -2.56. The molecule has 9 heteroatoms. The van der Waals surface area contributed by atoms with Gasteiger partial charge in [-0.05, 0) is 43.7 Å². The summed E-state index contributed by atoms with van der Waals surface area (Å²) in [6.07, 6.45) is 1.52. The van der Waals surface area contributed by atoms with E-state index in [1.54, 1.807) is 30.1 Å². The van der Waals surface area contributed by atoms with Crippen LogP contribution in [0.1, 0.15) is 37.8 Å². The minimum Gasteiger partial charge on any atom is -0.385 e. The number of anilines is 1. The monoisotopic (exact) mass is 534 g/mol. The zero-order valence-corrected chi connectivity index (χ0v) is 22.7. The van der Waals surface area contributed by atoms with Crippen LogP contribution in [-0.2, 0) is 21.6 Å². The summed E-state index contributed by atoms with van der Waals surface area (Å²) in [5.74, 6) is -0.399. The Bertz CT molecular complexity index is 1050. The van der Waals surface area contributed by atoms with E-state index in [2.05, 4.69) is 15.5 Å². The van der Waals surface area contributed by atoms with Gasteiger partial charge in [0.1, 0.15) is 6.04 Å². The summed E-state index contributed by atoms with van der Waals surface area (Å²) in [5, 5.41) is 17.8. The molecule has 3 N–H and O–H groups in total. The number of para-hydroxylation sites is 1. The Labute approximate surface area is 223 Å². The zero-order chi connectivity index (χ0) is 26.3. The molecule has 7 nitrogen and oxygen atoms in total. The second-order valence-corrected chi connectivity index (χ2v) is 10.0. The van der Waals surface area contributed by atoms with Gasteiger partial charge in [-0.1, -0.05) is 61.3 Å². The van der Waals surface area contributed by atoms with Crippen molar-refractivity contribution in [3.05, 3.63) is 63.6 Å². The lowest BCUT2D eigenvalue weighted by atomic mass is 9.87. The van der Waals surface area contributed by atoms with Gasteiger partial charge in [0, 0.05) is 53.9 Å². The molecule has 0 bridgehead atoms. The molecule has 1 aliphatic heterocycles. The molecule has 1 heterocycles. The lowest BCUT2D eigenvalue weighted by Gasteiger charge is -2.40. The molecule has 0 saturated carbocycles. The van der Waals surface area contributed by atoms with Gasteiger partial charge in [-0.2, -0.15) is 0 Å². The summed E-state index contributed by atoms with van der Waals surface area (Å²) in [6.45, 7) is 6.38. The SMILES string of the molecule is CCC(O)(CC)c1ccccc1N1CCN(C(=O)[C@@H](Cc2ccc(Cl)cc2Cl)NC(=O)CNC)CC1. The van der Waals surface area contributed by atoms with Crippen LogP contribution in [0.4, 0.5) is 5.69 Å². The second kappa shape index (κ2) is 12.8. The van der Waals surface area contributed by atoms with Gasteiger partial charge >= 0.3 is 0 Å². The van der Waals surface area contributed by atoms with Gasteiger partial charge in [0.05, 0.1) is 12.1 Å². The van der Waals surface area contributed by atoms with E-state index in [1.807, 2.05) is 38.1 Å². The molecule has 2 amide bonds. The first-order chi connectivity index (χ1) is 17.2. The molecule has 2 aromatic rings. The average molecular weight is 536 g/mol. The molecule has 1 fully saturated rings. The number of benzene rings is 2. The number of aliphatic hydroxyl groups is 1. The van der Waals surface area contributed by atoms with E-state index >= 15 is 0 Å². The number of amides is 2. The Morgan fingerprint density at radius 1 is 1.06 bits per heavy atom. The number of nitrogens with one attached hydrogen (secondary N) is 2. The number of rotatable bonds is 10. The third kappa shape index (κ3) is 6.71. The molecule has 0 spiro atoms. The van der Waals surface area contributed by atoms with Gasteiger partial charge in [0.2, 0.25) is 11.8 Å². The van der Waals surface area contributed by atoms with Crippen molar-refractivity contribution in [1.29, 1.82) is 0 Å². The van der Waals surface area contributed by atoms with Gasteiger partial charge in [-0.3, -0.25) is 9.59 Å². The van der Waals surface area contributed by atoms with E-state index in [0.29, 0.717) is 49.1 Å². The summed E-state index contributed by atoms with van der Waals surface area (Å²) >= 11 is 12.4. The standard InChI is InChI=1S/C27H36Cl2N4O3/c1-4-27(36,5-2)21-8-6-7-9-24(21)32-12-14-33(15-13-32)26(35)23(31-25(34)18-30-3)16-19-10-11-20(28)17-22(19)29/h6-11,17,23,30,36H,4-5,12-16,18H2,1-3H3,(H,31,34)/t23-/m1/s1. The number of hydrogen-bond acceptors (Lipinski definition) is 5. The Morgan fingerprint density at radius 2 is 1.72 bits per heavy atom. The fourth-order valence-electron chi connectivity index (χ4n) is 4.68. The van der Waals surface area contributed by atoms with Crippen LogP contribution in [0.25, 0.3) is 0 Å². The summed E-state index contributed by atoms with van der Waals surface area (Å²) in [6, 6.07) is 12.4. The van der Waals surface area contributed by atoms with E-state index < -0.39 is 11.6 Å². The molecule has 196 valence electrons. The molecule has 0 aliphatic carbocycles. The number of halogens is 2. The highest BCUT2D eigenvalue weighted by Crippen LogP contribution is 2.36. The first kappa shape index (κ1) is 28.3. The first-order valence-electron chi connectivity index (χ1n) is 12.5. The van der Waals surface area contributed by atoms with Crippen molar-refractivity contribution in [2.75, 3.05) is 44.7 Å². The van der Waals surface area contributed by atoms with Crippen molar-refractivity contribution in [3.8, 4) is 0 Å². The van der Waals surface area contributed by atoms with Crippen LogP contribution in [-0.4, -0.2) is 67.6 Å². The number of carbonyl (C=O) groups is 2. The Balaban J connectivity index is 1.75. The minimum atomic E-state index is -0.885. The fraction of sp³-hybridized carbons (Fsp3) is 0.481. The van der Waals surface area contributed by atoms with Gasteiger partial charge in [0.25, 0.3) is 0 Å². The number of hydrogen-bond donors (Lipinski definition) is 3.